The van der Waals surface area contributed by atoms with E-state index >= 15 is 0 Å². The predicted molar refractivity (Wildman–Crippen MR) is 216 cm³/mol. The van der Waals surface area contributed by atoms with Crippen molar-refractivity contribution in [1.82, 2.24) is 30.1 Å². The molecule has 4 aromatic rings. The number of rotatable bonds is 10. The molecule has 16 heteroatoms. The topological polar surface area (TPSA) is 146 Å². The van der Waals surface area contributed by atoms with Crippen molar-refractivity contribution in [3.05, 3.63) is 64.9 Å². The predicted octanol–water partition coefficient (Wildman–Crippen LogP) is 4.01. The second-order valence-corrected chi connectivity index (χ2v) is 16.1. The van der Waals surface area contributed by atoms with E-state index < -0.39 is 18.4 Å². The number of halogens is 2. The van der Waals surface area contributed by atoms with Crippen LogP contribution in [0.15, 0.2) is 48.7 Å². The lowest BCUT2D eigenvalue weighted by Gasteiger charge is -2.40. The minimum atomic E-state index is -0.990. The number of nitrogens with zero attached hydrogens (tertiary/aromatic N) is 7. The first-order chi connectivity index (χ1) is 27.2. The number of piperazine rings is 1. The van der Waals surface area contributed by atoms with E-state index in [0.29, 0.717) is 35.9 Å². The van der Waals surface area contributed by atoms with Gasteiger partial charge in [-0.2, -0.15) is 0 Å². The van der Waals surface area contributed by atoms with Crippen LogP contribution in [0, 0.1) is 5.92 Å². The summed E-state index contributed by atoms with van der Waals surface area (Å²) in [6.45, 7) is 7.78. The molecule has 14 nitrogen and oxygen atoms in total. The van der Waals surface area contributed by atoms with Gasteiger partial charge in [0.2, 0.25) is 5.91 Å². The Kier molecular flexibility index (Phi) is 10.0. The number of alkyl halides is 1. The van der Waals surface area contributed by atoms with Crippen molar-refractivity contribution in [3.63, 3.8) is 0 Å². The molecule has 56 heavy (non-hydrogen) atoms. The normalized spacial score (nSPS) is 24.3. The van der Waals surface area contributed by atoms with Crippen molar-refractivity contribution in [2.75, 3.05) is 84.7 Å². The van der Waals surface area contributed by atoms with Crippen LogP contribution in [-0.4, -0.2) is 120 Å². The van der Waals surface area contributed by atoms with Crippen LogP contribution in [0.5, 0.6) is 0 Å². The van der Waals surface area contributed by atoms with Gasteiger partial charge in [-0.05, 0) is 61.9 Å². The van der Waals surface area contributed by atoms with Gasteiger partial charge < -0.3 is 41.1 Å². The Hall–Kier alpha value is -4.86. The fourth-order valence-corrected chi connectivity index (χ4v) is 8.97. The third-order valence-electron chi connectivity index (χ3n) is 12.1. The summed E-state index contributed by atoms with van der Waals surface area (Å²) in [5.74, 6) is 0.860. The third-order valence-corrected chi connectivity index (χ3v) is 12.5. The van der Waals surface area contributed by atoms with E-state index in [1.165, 1.54) is 17.4 Å². The van der Waals surface area contributed by atoms with Crippen molar-refractivity contribution < 1.29 is 19.1 Å². The molecule has 0 radical (unpaired) electrons. The zero-order valence-electron chi connectivity index (χ0n) is 31.6. The van der Waals surface area contributed by atoms with Crippen molar-refractivity contribution in [2.24, 2.45) is 5.92 Å². The van der Waals surface area contributed by atoms with E-state index in [4.69, 9.17) is 16.7 Å². The number of imidazole rings is 1. The number of piperidine rings is 2. The maximum Gasteiger partial charge on any atom is 0.271 e. The molecule has 4 atom stereocenters. The third kappa shape index (κ3) is 7.27. The Morgan fingerprint density at radius 2 is 1.75 bits per heavy atom. The highest BCUT2D eigenvalue weighted by molar-refractivity contribution is 6.33. The Morgan fingerprint density at radius 3 is 2.50 bits per heavy atom. The monoisotopic (exact) mass is 785 g/mol. The average molecular weight is 786 g/mol. The van der Waals surface area contributed by atoms with Crippen LogP contribution in [0.4, 0.5) is 38.6 Å². The van der Waals surface area contributed by atoms with Gasteiger partial charge in [-0.1, -0.05) is 17.7 Å². The van der Waals surface area contributed by atoms with Gasteiger partial charge in [0.1, 0.15) is 12.4 Å². The molecule has 9 rings (SSSR count). The summed E-state index contributed by atoms with van der Waals surface area (Å²) >= 11 is 6.53. The summed E-state index contributed by atoms with van der Waals surface area (Å²) < 4.78 is 15.1. The molecule has 4 aliphatic heterocycles. The van der Waals surface area contributed by atoms with Gasteiger partial charge in [0.15, 0.2) is 17.2 Å². The van der Waals surface area contributed by atoms with Gasteiger partial charge in [0.25, 0.3) is 5.91 Å². The fraction of sp³-hybridized carbons (Fsp3) is 0.500. The Bertz CT molecular complexity index is 2120. The number of anilines is 6. The van der Waals surface area contributed by atoms with E-state index in [2.05, 4.69) is 76.2 Å². The lowest BCUT2D eigenvalue weighted by molar-refractivity contribution is -0.126. The summed E-state index contributed by atoms with van der Waals surface area (Å²) in [6.07, 6.45) is 4.02. The lowest BCUT2D eigenvalue weighted by atomic mass is 9.94. The van der Waals surface area contributed by atoms with Crippen LogP contribution in [0.1, 0.15) is 48.2 Å². The number of amides is 2. The number of fused-ring (bicyclic) bond motifs is 2. The molecule has 2 amide bonds. The average Bonchev–Trinajstić information content (AvgIpc) is 3.52. The number of aromatic nitrogens is 3. The number of hydrogen-bond donors (Lipinski definition) is 5. The van der Waals surface area contributed by atoms with Gasteiger partial charge in [-0.25, -0.2) is 13.9 Å². The van der Waals surface area contributed by atoms with E-state index in [1.54, 1.807) is 4.52 Å². The molecule has 0 bridgehead atoms. The molecular formula is C40H49ClFN11O3. The smallest absolute Gasteiger partial charge is 0.271 e. The molecule has 2 unspecified atom stereocenters. The summed E-state index contributed by atoms with van der Waals surface area (Å²) in [5, 5.41) is 27.7. The molecule has 0 spiro atoms. The molecule has 2 aromatic heterocycles. The second kappa shape index (κ2) is 15.2. The highest BCUT2D eigenvalue weighted by atomic mass is 35.5. The summed E-state index contributed by atoms with van der Waals surface area (Å²) in [5.41, 5.74) is 7.22. The Morgan fingerprint density at radius 1 is 0.964 bits per heavy atom. The second-order valence-electron chi connectivity index (χ2n) is 15.7. The largest absolute Gasteiger partial charge is 0.385 e. The molecule has 5 N–H and O–H groups in total. The SMILES string of the molecule is CNc1cc(N2CCc3c(N4CCC(CN5CCN(c6ccc(Cl)c(NC7CCC(=O)NC7O)c6)CC5)CC4)cccc32)nn2c(C(=O)N[C@@H]3C[C@@H]3F)cnc12. The number of benzene rings is 2. The first-order valence-corrected chi connectivity index (χ1v) is 20.3. The van der Waals surface area contributed by atoms with Crippen LogP contribution >= 0.6 is 11.6 Å². The van der Waals surface area contributed by atoms with Gasteiger partial charge in [-0.3, -0.25) is 14.5 Å². The van der Waals surface area contributed by atoms with Gasteiger partial charge in [0, 0.05) is 101 Å². The maximum atomic E-state index is 13.6. The number of aliphatic hydroxyl groups excluding tert-OH is 1. The number of carbonyl (C=O) groups excluding carboxylic acids is 2. The summed E-state index contributed by atoms with van der Waals surface area (Å²) in [4.78, 5) is 38.9. The molecule has 2 aromatic carbocycles. The standard InChI is InChI=1S/C40H49ClFN11O3/c1-43-32-21-36(48-53-35(22-44-38(32)53)40(56)46-31-20-28(31)42)52-14-11-26-33(3-2-4-34(26)52)51-12-9-24(10-13-51)23-49-15-17-50(18-16-49)25-5-6-27(41)30(19-25)45-29-7-8-37(54)47-39(29)55/h2-6,19,21-22,24,28-29,31,39,43,45,55H,7-18,20,23H2,1H3,(H,46,56)(H,47,54)/t28-,29?,31+,39?/m0/s1. The van der Waals surface area contributed by atoms with Crippen molar-refractivity contribution in [2.45, 2.75) is 63.0 Å². The molecule has 6 heterocycles. The zero-order chi connectivity index (χ0) is 38.5. The number of carbonyl (C=O) groups is 2. The van der Waals surface area contributed by atoms with Crippen LogP contribution in [0.3, 0.4) is 0 Å². The molecule has 296 valence electrons. The molecule has 5 aliphatic rings. The van der Waals surface area contributed by atoms with Crippen LogP contribution in [0.25, 0.3) is 5.65 Å². The quantitative estimate of drug-likeness (QED) is 0.159. The molecule has 1 aliphatic carbocycles. The fourth-order valence-electron chi connectivity index (χ4n) is 8.80. The van der Waals surface area contributed by atoms with Crippen LogP contribution in [-0.2, 0) is 11.2 Å². The van der Waals surface area contributed by atoms with Crippen LogP contribution < -0.4 is 36.0 Å². The van der Waals surface area contributed by atoms with E-state index in [1.807, 2.05) is 19.2 Å². The van der Waals surface area contributed by atoms with E-state index in [-0.39, 0.29) is 23.6 Å². The maximum absolute atomic E-state index is 13.6. The van der Waals surface area contributed by atoms with E-state index in [9.17, 15) is 19.1 Å². The molecule has 3 saturated heterocycles. The first-order valence-electron chi connectivity index (χ1n) is 19.9. The highest BCUT2D eigenvalue weighted by Gasteiger charge is 2.39. The summed E-state index contributed by atoms with van der Waals surface area (Å²) in [7, 11) is 1.83. The van der Waals surface area contributed by atoms with Gasteiger partial charge in [-0.15, -0.1) is 5.10 Å². The van der Waals surface area contributed by atoms with Gasteiger partial charge in [0.05, 0.1) is 34.7 Å². The number of hydrogen-bond acceptors (Lipinski definition) is 11. The zero-order valence-corrected chi connectivity index (χ0v) is 32.3. The van der Waals surface area contributed by atoms with Gasteiger partial charge >= 0.3 is 0 Å². The number of nitrogens with one attached hydrogen (secondary N) is 4. The van der Waals surface area contributed by atoms with Crippen molar-refractivity contribution >= 4 is 63.3 Å². The molecule has 4 fully saturated rings. The lowest BCUT2D eigenvalue weighted by Crippen LogP contribution is -2.51. The minimum absolute atomic E-state index is 0.136. The molecule has 1 saturated carbocycles. The number of aliphatic hydroxyl groups is 1. The Labute approximate surface area is 330 Å². The highest BCUT2D eigenvalue weighted by Crippen LogP contribution is 2.41. The molecular weight excluding hydrogens is 737 g/mol. The Balaban J connectivity index is 0.806. The van der Waals surface area contributed by atoms with Crippen molar-refractivity contribution in [1.29, 1.82) is 0 Å². The van der Waals surface area contributed by atoms with Crippen molar-refractivity contribution in [3.8, 4) is 0 Å². The first kappa shape index (κ1) is 36.8. The summed E-state index contributed by atoms with van der Waals surface area (Å²) in [6, 6.07) is 13.8. The minimum Gasteiger partial charge on any atom is -0.385 e. The van der Waals surface area contributed by atoms with E-state index in [0.717, 1.165) is 100 Å². The van der Waals surface area contributed by atoms with Crippen LogP contribution in [0.2, 0.25) is 5.02 Å².